The van der Waals surface area contributed by atoms with Crippen molar-refractivity contribution in [1.82, 2.24) is 0 Å². The van der Waals surface area contributed by atoms with Gasteiger partial charge in [0.25, 0.3) is 0 Å². The van der Waals surface area contributed by atoms with E-state index in [9.17, 15) is 70.6 Å². The monoisotopic (exact) mass is 654 g/mol. The first-order valence-corrected chi connectivity index (χ1v) is 13.1. The van der Waals surface area contributed by atoms with Crippen LogP contribution in [0.15, 0.2) is 39.5 Å². The normalized spacial score (nSPS) is 31.3. The molecule has 19 nitrogen and oxygen atoms in total. The second-order valence-corrected chi connectivity index (χ2v) is 10.3. The second kappa shape index (κ2) is 12.2. The highest BCUT2D eigenvalue weighted by Gasteiger charge is 2.49. The molecule has 0 amide bonds. The second-order valence-electron chi connectivity index (χ2n) is 10.3. The van der Waals surface area contributed by atoms with Gasteiger partial charge in [0.2, 0.25) is 23.8 Å². The Bertz CT molecular complexity index is 1720. The van der Waals surface area contributed by atoms with Crippen LogP contribution in [0.2, 0.25) is 0 Å². The quantitative estimate of drug-likeness (QED) is 0.114. The van der Waals surface area contributed by atoms with Crippen LogP contribution in [0.3, 0.4) is 0 Å². The Kier molecular flexibility index (Phi) is 8.68. The SMILES string of the molecule is O=C(O)C1O[C@@H](Oc2c(-c3ccc(O)c(O)c3)oc3cc(O[C@@H]4OC(C(=O)O)[C@@H](O)[C@H](O)C4O)cc(O)c3c2=O)C(O)C(O)[C@@H]1O. The number of phenols is 3. The molecule has 0 bridgehead atoms. The maximum Gasteiger partial charge on any atom is 0.335 e. The summed E-state index contributed by atoms with van der Waals surface area (Å²) in [4.78, 5) is 36.7. The number of carboxylic acid groups (broad SMARTS) is 2. The number of hydrogen-bond acceptors (Lipinski definition) is 17. The van der Waals surface area contributed by atoms with Crippen molar-refractivity contribution in [3.05, 3.63) is 40.6 Å². The lowest BCUT2D eigenvalue weighted by molar-refractivity contribution is -0.271. The summed E-state index contributed by atoms with van der Waals surface area (Å²) in [6.07, 6.45) is -20.6. The number of carbonyl (C=O) groups is 2. The molecule has 3 heterocycles. The number of ether oxygens (including phenoxy) is 4. The maximum absolute atomic E-state index is 13.7. The molecule has 0 spiro atoms. The van der Waals surface area contributed by atoms with E-state index in [-0.39, 0.29) is 5.56 Å². The topological polar surface area (TPSA) is 324 Å². The van der Waals surface area contributed by atoms with E-state index in [0.29, 0.717) is 0 Å². The van der Waals surface area contributed by atoms with E-state index >= 15 is 0 Å². The van der Waals surface area contributed by atoms with E-state index in [0.717, 1.165) is 30.3 Å². The average molecular weight is 654 g/mol. The molecule has 2 aliphatic rings. The number of carboxylic acids is 2. The Morgan fingerprint density at radius 3 is 1.72 bits per heavy atom. The lowest BCUT2D eigenvalue weighted by Crippen LogP contribution is -2.61. The highest BCUT2D eigenvalue weighted by Crippen LogP contribution is 2.40. The maximum atomic E-state index is 13.7. The van der Waals surface area contributed by atoms with Crippen molar-refractivity contribution in [3.63, 3.8) is 0 Å². The predicted octanol–water partition coefficient (Wildman–Crippen LogP) is -2.88. The molecule has 0 radical (unpaired) electrons. The van der Waals surface area contributed by atoms with E-state index in [1.807, 2.05) is 0 Å². The molecular formula is C27H26O19. The number of rotatable bonds is 7. The van der Waals surface area contributed by atoms with Crippen molar-refractivity contribution in [1.29, 1.82) is 0 Å². The van der Waals surface area contributed by atoms with Gasteiger partial charge in [-0.1, -0.05) is 0 Å². The largest absolute Gasteiger partial charge is 0.507 e. The lowest BCUT2D eigenvalue weighted by Gasteiger charge is -2.38. The van der Waals surface area contributed by atoms with Gasteiger partial charge in [0.05, 0.1) is 0 Å². The molecule has 2 saturated heterocycles. The van der Waals surface area contributed by atoms with Gasteiger partial charge < -0.3 is 79.5 Å². The molecule has 1 aromatic heterocycles. The van der Waals surface area contributed by atoms with Crippen LogP contribution in [0.4, 0.5) is 0 Å². The number of fused-ring (bicyclic) bond motifs is 1. The smallest absolute Gasteiger partial charge is 0.335 e. The first kappa shape index (κ1) is 32.7. The van der Waals surface area contributed by atoms with Crippen molar-refractivity contribution in [2.24, 2.45) is 0 Å². The predicted molar refractivity (Wildman–Crippen MR) is 143 cm³/mol. The van der Waals surface area contributed by atoms with Crippen LogP contribution in [-0.4, -0.2) is 130 Å². The number of aliphatic hydroxyl groups is 6. The van der Waals surface area contributed by atoms with Crippen molar-refractivity contribution in [2.45, 2.75) is 61.4 Å². The van der Waals surface area contributed by atoms with Crippen LogP contribution in [0.25, 0.3) is 22.3 Å². The van der Waals surface area contributed by atoms with Gasteiger partial charge in [-0.05, 0) is 18.2 Å². The van der Waals surface area contributed by atoms with Crippen LogP contribution < -0.4 is 14.9 Å². The molecule has 10 atom stereocenters. The Balaban J connectivity index is 1.61. The first-order valence-electron chi connectivity index (χ1n) is 13.1. The molecule has 5 rings (SSSR count). The Morgan fingerprint density at radius 1 is 0.652 bits per heavy atom. The minimum atomic E-state index is -2.13. The third-order valence-electron chi connectivity index (χ3n) is 7.26. The molecule has 46 heavy (non-hydrogen) atoms. The van der Waals surface area contributed by atoms with Crippen LogP contribution >= 0.6 is 0 Å². The van der Waals surface area contributed by atoms with Gasteiger partial charge in [-0.2, -0.15) is 0 Å². The van der Waals surface area contributed by atoms with Gasteiger partial charge in [-0.3, -0.25) is 4.79 Å². The summed E-state index contributed by atoms with van der Waals surface area (Å²) in [6, 6.07) is 4.79. The Hall–Kier alpha value is -4.73. The summed E-state index contributed by atoms with van der Waals surface area (Å²) >= 11 is 0. The fraction of sp³-hybridized carbons (Fsp3) is 0.370. The zero-order chi connectivity index (χ0) is 33.8. The number of benzene rings is 2. The van der Waals surface area contributed by atoms with Crippen molar-refractivity contribution < 1.29 is 89.1 Å². The van der Waals surface area contributed by atoms with E-state index in [1.54, 1.807) is 0 Å². The lowest BCUT2D eigenvalue weighted by atomic mass is 9.99. The van der Waals surface area contributed by atoms with E-state index in [4.69, 9.17) is 23.4 Å². The van der Waals surface area contributed by atoms with Crippen LogP contribution in [0, 0.1) is 0 Å². The zero-order valence-corrected chi connectivity index (χ0v) is 22.8. The molecule has 5 unspecified atom stereocenters. The van der Waals surface area contributed by atoms with Crippen molar-refractivity contribution >= 4 is 22.9 Å². The number of aliphatic carboxylic acids is 2. The van der Waals surface area contributed by atoms with Crippen LogP contribution in [-0.2, 0) is 19.1 Å². The van der Waals surface area contributed by atoms with Crippen LogP contribution in [0.1, 0.15) is 0 Å². The van der Waals surface area contributed by atoms with Crippen molar-refractivity contribution in [2.75, 3.05) is 0 Å². The molecule has 0 saturated carbocycles. The van der Waals surface area contributed by atoms with Gasteiger partial charge in [-0.15, -0.1) is 0 Å². The van der Waals surface area contributed by atoms with E-state index in [2.05, 4.69) is 0 Å². The zero-order valence-electron chi connectivity index (χ0n) is 22.8. The standard InChI is InChI=1S/C27H26O19/c28-8-2-1-6(3-9(8)29)20-21(44-27-19(37)15(33)17(35)23(46-27)25(40)41)13(31)12-10(30)4-7(5-11(12)43-20)42-26-18(36)14(32)16(34)22(45-26)24(38)39/h1-5,14-19,22-23,26-30,32-37H,(H,38,39)(H,40,41)/t14-,15?,16-,17-,18?,19?,22?,23?,26+,27+/m0/s1. The fourth-order valence-corrected chi connectivity index (χ4v) is 4.84. The number of hydrogen-bond donors (Lipinski definition) is 11. The number of aliphatic hydroxyl groups excluding tert-OH is 6. The molecule has 248 valence electrons. The third-order valence-corrected chi connectivity index (χ3v) is 7.26. The molecule has 2 fully saturated rings. The molecule has 19 heteroatoms. The average Bonchev–Trinajstić information content (AvgIpc) is 2.99. The summed E-state index contributed by atoms with van der Waals surface area (Å²) in [5.74, 6) is -7.50. The Labute approximate surface area is 254 Å². The van der Waals surface area contributed by atoms with Gasteiger partial charge in [-0.25, -0.2) is 9.59 Å². The minimum absolute atomic E-state index is 0.178. The molecular weight excluding hydrogens is 628 g/mol. The summed E-state index contributed by atoms with van der Waals surface area (Å²) in [5.41, 5.74) is -1.86. The summed E-state index contributed by atoms with van der Waals surface area (Å²) in [7, 11) is 0. The fourth-order valence-electron chi connectivity index (χ4n) is 4.84. The molecule has 2 aliphatic heterocycles. The molecule has 2 aromatic carbocycles. The van der Waals surface area contributed by atoms with Gasteiger partial charge in [0.15, 0.2) is 29.5 Å². The first-order chi connectivity index (χ1) is 21.6. The van der Waals surface area contributed by atoms with E-state index < -0.39 is 124 Å². The van der Waals surface area contributed by atoms with Crippen LogP contribution in [0.5, 0.6) is 28.7 Å². The highest BCUT2D eigenvalue weighted by molar-refractivity contribution is 5.88. The summed E-state index contributed by atoms with van der Waals surface area (Å²) in [5, 5.41) is 109. The molecule has 11 N–H and O–H groups in total. The molecule has 3 aromatic rings. The summed E-state index contributed by atoms with van der Waals surface area (Å²) in [6.45, 7) is 0. The Morgan fingerprint density at radius 2 is 1.20 bits per heavy atom. The molecule has 0 aliphatic carbocycles. The number of aromatic hydroxyl groups is 3. The van der Waals surface area contributed by atoms with Crippen molar-refractivity contribution in [3.8, 4) is 40.1 Å². The minimum Gasteiger partial charge on any atom is -0.507 e. The highest BCUT2D eigenvalue weighted by atomic mass is 16.7. The third kappa shape index (κ3) is 5.72. The van der Waals surface area contributed by atoms with Gasteiger partial charge in [0.1, 0.15) is 59.1 Å². The van der Waals surface area contributed by atoms with E-state index in [1.165, 1.54) is 0 Å². The van der Waals surface area contributed by atoms with Gasteiger partial charge >= 0.3 is 11.9 Å². The van der Waals surface area contributed by atoms with Gasteiger partial charge in [0, 0.05) is 17.7 Å². The number of phenolic OH excluding ortho intramolecular Hbond substituents is 3. The summed E-state index contributed by atoms with van der Waals surface area (Å²) < 4.78 is 26.8.